The highest BCUT2D eigenvalue weighted by molar-refractivity contribution is 7.50. The molecule has 0 fully saturated rings. The maximum Gasteiger partial charge on any atom is 0.329 e. The quantitative estimate of drug-likeness (QED) is 0.157. The largest absolute Gasteiger partial charge is 0.356 e. The Labute approximate surface area is 226 Å². The summed E-state index contributed by atoms with van der Waals surface area (Å²) in [7, 11) is -4.07. The second-order valence-corrected chi connectivity index (χ2v) is 11.1. The molecule has 0 saturated carbocycles. The Kier molecular flexibility index (Phi) is 7.89. The number of carbonyl (C=O) groups excluding carboxylic acids is 1. The molecule has 0 atom stereocenters. The molecule has 2 aromatic carbocycles. The number of benzene rings is 2. The van der Waals surface area contributed by atoms with E-state index in [1.54, 1.807) is 12.1 Å². The molecule has 5 rings (SSSR count). The van der Waals surface area contributed by atoms with Crippen molar-refractivity contribution in [3.05, 3.63) is 126 Å². The van der Waals surface area contributed by atoms with Gasteiger partial charge in [0.2, 0.25) is 0 Å². The van der Waals surface area contributed by atoms with E-state index in [0.29, 0.717) is 24.3 Å². The van der Waals surface area contributed by atoms with Gasteiger partial charge >= 0.3 is 7.60 Å². The second kappa shape index (κ2) is 11.7. The topological polar surface area (TPSA) is 108 Å². The normalized spacial score (nSPS) is 11.4. The van der Waals surface area contributed by atoms with Crippen LogP contribution in [-0.4, -0.2) is 21.2 Å². The zero-order chi connectivity index (χ0) is 27.2. The summed E-state index contributed by atoms with van der Waals surface area (Å²) < 4.78 is 20.9. The molecule has 3 aromatic heterocycles. The van der Waals surface area contributed by atoms with Crippen molar-refractivity contribution in [2.75, 3.05) is 0 Å². The molecule has 0 spiro atoms. The zero-order valence-corrected chi connectivity index (χ0v) is 22.0. The minimum absolute atomic E-state index is 0.254. The van der Waals surface area contributed by atoms with Gasteiger partial charge in [0.1, 0.15) is 12.0 Å². The highest BCUT2D eigenvalue weighted by atomic mass is 31.2. The molecule has 0 radical (unpaired) electrons. The third kappa shape index (κ3) is 7.21. The fraction of sp³-hybridized carbons (Fsp3) is 0.133. The van der Waals surface area contributed by atoms with E-state index >= 15 is 0 Å². The first kappa shape index (κ1) is 26.4. The Balaban J connectivity index is 1.20. The summed E-state index contributed by atoms with van der Waals surface area (Å²) in [5.74, 6) is 0.683. The number of hydrogen-bond donors (Lipinski definition) is 2. The Morgan fingerprint density at radius 1 is 0.718 bits per heavy atom. The zero-order valence-electron chi connectivity index (χ0n) is 21.1. The molecule has 2 N–H and O–H groups in total. The summed E-state index contributed by atoms with van der Waals surface area (Å²) >= 11 is 0. The molecule has 5 aromatic rings. The average molecular weight is 542 g/mol. The van der Waals surface area contributed by atoms with Crippen LogP contribution in [0, 0.1) is 0 Å². The van der Waals surface area contributed by atoms with Gasteiger partial charge in [0.15, 0.2) is 43.6 Å². The van der Waals surface area contributed by atoms with E-state index in [1.807, 2.05) is 96.1 Å². The van der Waals surface area contributed by atoms with E-state index in [9.17, 15) is 9.36 Å². The molecule has 0 saturated heterocycles. The summed E-state index contributed by atoms with van der Waals surface area (Å²) in [6.07, 6.45) is 9.02. The van der Waals surface area contributed by atoms with Crippen molar-refractivity contribution in [3.8, 4) is 22.6 Å². The Hall–Kier alpha value is -4.23. The molecule has 0 aliphatic carbocycles. The minimum Gasteiger partial charge on any atom is -0.356 e. The van der Waals surface area contributed by atoms with Gasteiger partial charge in [0, 0.05) is 59.0 Å². The number of pyridine rings is 2. The van der Waals surface area contributed by atoms with Gasteiger partial charge in [-0.1, -0.05) is 53.7 Å². The molecule has 9 heteroatoms. The van der Waals surface area contributed by atoms with E-state index in [2.05, 4.69) is 9.72 Å². The molecule has 3 heterocycles. The van der Waals surface area contributed by atoms with Gasteiger partial charge in [-0.3, -0.25) is 4.57 Å². The number of rotatable bonds is 10. The fourth-order valence-electron chi connectivity index (χ4n) is 4.29. The highest BCUT2D eigenvalue weighted by Gasteiger charge is 2.15. The van der Waals surface area contributed by atoms with Gasteiger partial charge in [-0.2, -0.15) is 0 Å². The van der Waals surface area contributed by atoms with Gasteiger partial charge in [0.25, 0.3) is 0 Å². The van der Waals surface area contributed by atoms with Gasteiger partial charge in [-0.15, -0.1) is 0 Å². The lowest BCUT2D eigenvalue weighted by Crippen LogP contribution is -2.33. The molecule has 0 bridgehead atoms. The van der Waals surface area contributed by atoms with Gasteiger partial charge in [0.05, 0.1) is 6.16 Å². The van der Waals surface area contributed by atoms with E-state index in [0.717, 1.165) is 46.3 Å². The highest BCUT2D eigenvalue weighted by Crippen LogP contribution is 2.38. The third-order valence-corrected chi connectivity index (χ3v) is 7.13. The molecular formula is C30H28N3O5P+2. The predicted octanol–water partition coefficient (Wildman–Crippen LogP) is 4.10. The number of nitrogens with zero attached hydrogens (tertiary/aromatic N) is 3. The van der Waals surface area contributed by atoms with Crippen LogP contribution in [0.25, 0.3) is 22.6 Å². The fourth-order valence-corrected chi connectivity index (χ4v) is 4.98. The van der Waals surface area contributed by atoms with Gasteiger partial charge in [-0.25, -0.2) is 9.13 Å². The number of aromatic nitrogens is 3. The van der Waals surface area contributed by atoms with E-state index in [4.69, 9.17) is 14.3 Å². The first-order valence-corrected chi connectivity index (χ1v) is 14.2. The van der Waals surface area contributed by atoms with Crippen molar-refractivity contribution in [1.82, 2.24) is 5.16 Å². The summed E-state index contributed by atoms with van der Waals surface area (Å²) in [6, 6.07) is 25.2. The molecule has 0 aliphatic heterocycles. The van der Waals surface area contributed by atoms with E-state index < -0.39 is 7.60 Å². The van der Waals surface area contributed by atoms with Crippen LogP contribution in [0.4, 0.5) is 0 Å². The maximum atomic E-state index is 11.2. The summed E-state index contributed by atoms with van der Waals surface area (Å²) in [5, 5.41) is 4.25. The Morgan fingerprint density at radius 3 is 1.72 bits per heavy atom. The van der Waals surface area contributed by atoms with Crippen molar-refractivity contribution in [2.24, 2.45) is 0 Å². The number of hydrogen-bond acceptors (Lipinski definition) is 4. The standard InChI is InChI=1S/C30H26N3O5P/c34-18-13-23-1-3-24(4-2-23)20-33-16-11-28(12-17-33)30-19-29(31-38-30)27-9-14-32(15-10-27)21-25-5-7-26(8-6-25)22-39(35,36)37/h1-12,14-19H,13,20-22H2/p+2. The SMILES string of the molecule is O=CCc1ccc(C[n+]2ccc(-c3cc(-c4cc[n+](Cc5ccc(CP(=O)(O)O)cc5)cc4)no3)cc2)cc1. The van der Waals surface area contributed by atoms with Gasteiger partial charge < -0.3 is 19.1 Å². The maximum absolute atomic E-state index is 11.2. The van der Waals surface area contributed by atoms with E-state index in [1.165, 1.54) is 0 Å². The van der Waals surface area contributed by atoms with Crippen molar-refractivity contribution in [1.29, 1.82) is 0 Å². The molecule has 0 amide bonds. The van der Waals surface area contributed by atoms with Crippen LogP contribution >= 0.6 is 7.60 Å². The molecular weight excluding hydrogens is 513 g/mol. The van der Waals surface area contributed by atoms with Crippen molar-refractivity contribution in [3.63, 3.8) is 0 Å². The number of carbonyl (C=O) groups is 1. The average Bonchev–Trinajstić information content (AvgIpc) is 3.42. The van der Waals surface area contributed by atoms with Crippen molar-refractivity contribution >= 4 is 13.9 Å². The lowest BCUT2D eigenvalue weighted by molar-refractivity contribution is -0.688. The van der Waals surface area contributed by atoms with Crippen molar-refractivity contribution in [2.45, 2.75) is 25.7 Å². The second-order valence-electron chi connectivity index (χ2n) is 9.42. The van der Waals surface area contributed by atoms with Crippen LogP contribution in [-0.2, 0) is 35.0 Å². The third-order valence-electron chi connectivity index (χ3n) is 6.36. The summed E-state index contributed by atoms with van der Waals surface area (Å²) in [5.41, 5.74) is 6.41. The van der Waals surface area contributed by atoms with Crippen LogP contribution in [0.5, 0.6) is 0 Å². The Bertz CT molecular complexity index is 1590. The van der Waals surface area contributed by atoms with Crippen LogP contribution in [0.1, 0.15) is 22.3 Å². The summed E-state index contributed by atoms with van der Waals surface area (Å²) in [6.45, 7) is 1.36. The first-order chi connectivity index (χ1) is 18.8. The minimum atomic E-state index is -4.07. The van der Waals surface area contributed by atoms with E-state index in [-0.39, 0.29) is 6.16 Å². The van der Waals surface area contributed by atoms with Crippen LogP contribution in [0.3, 0.4) is 0 Å². The molecule has 0 unspecified atom stereocenters. The van der Waals surface area contributed by atoms with Gasteiger partial charge in [-0.05, 0) is 11.1 Å². The monoisotopic (exact) mass is 541 g/mol. The smallest absolute Gasteiger partial charge is 0.329 e. The van der Waals surface area contributed by atoms with Crippen LogP contribution < -0.4 is 9.13 Å². The molecule has 196 valence electrons. The predicted molar refractivity (Wildman–Crippen MR) is 144 cm³/mol. The van der Waals surface area contributed by atoms with Crippen LogP contribution in [0.15, 0.2) is 108 Å². The lowest BCUT2D eigenvalue weighted by Gasteiger charge is -2.04. The van der Waals surface area contributed by atoms with Crippen LogP contribution in [0.2, 0.25) is 0 Å². The number of aldehydes is 1. The van der Waals surface area contributed by atoms with Crippen molar-refractivity contribution < 1.29 is 32.8 Å². The molecule has 39 heavy (non-hydrogen) atoms. The summed E-state index contributed by atoms with van der Waals surface area (Å²) in [4.78, 5) is 28.9. The Morgan fingerprint density at radius 2 is 1.21 bits per heavy atom. The lowest BCUT2D eigenvalue weighted by atomic mass is 10.1. The first-order valence-electron chi connectivity index (χ1n) is 12.4. The molecule has 8 nitrogen and oxygen atoms in total. The molecule has 0 aliphatic rings.